The number of alkyl halides is 2. The minimum atomic E-state index is -2.93. The summed E-state index contributed by atoms with van der Waals surface area (Å²) in [5.74, 6) is 1.47. The molecular formula is C18H29F2IN4O4S. The van der Waals surface area contributed by atoms with E-state index in [2.05, 4.69) is 25.3 Å². The number of rotatable bonds is 9. The molecule has 12 heteroatoms. The van der Waals surface area contributed by atoms with Crippen LogP contribution in [0.5, 0.6) is 11.5 Å². The Kier molecular flexibility index (Phi) is 11.6. The molecule has 0 spiro atoms. The molecule has 0 unspecified atom stereocenters. The van der Waals surface area contributed by atoms with E-state index in [0.717, 1.165) is 0 Å². The normalized spacial score (nSPS) is 16.6. The molecule has 0 aliphatic carbocycles. The molecule has 0 atom stereocenters. The summed E-state index contributed by atoms with van der Waals surface area (Å²) < 4.78 is 58.0. The number of ether oxygens (including phenoxy) is 2. The Hall–Kier alpha value is -1.41. The monoisotopic (exact) mass is 562 g/mol. The highest BCUT2D eigenvalue weighted by molar-refractivity contribution is 14.0. The molecule has 0 aromatic heterocycles. The van der Waals surface area contributed by atoms with Crippen molar-refractivity contribution in [3.8, 4) is 11.5 Å². The number of hydrogen-bond acceptors (Lipinski definition) is 6. The van der Waals surface area contributed by atoms with E-state index in [9.17, 15) is 17.2 Å². The minimum Gasteiger partial charge on any atom is -0.497 e. The zero-order valence-corrected chi connectivity index (χ0v) is 20.2. The summed E-state index contributed by atoms with van der Waals surface area (Å²) >= 11 is 0. The first-order chi connectivity index (χ1) is 13.8. The van der Waals surface area contributed by atoms with Gasteiger partial charge in [-0.2, -0.15) is 8.78 Å². The van der Waals surface area contributed by atoms with Crippen molar-refractivity contribution in [1.29, 1.82) is 0 Å². The second kappa shape index (κ2) is 13.1. The maximum atomic E-state index is 12.6. The standard InChI is InChI=1S/C18H28F2N4O4S.HI/c1-3-21-18(22-6-7-24-8-10-29(25,26)11-9-24)23-13-14-12-15(27-2)4-5-16(14)28-17(19)20;/h4-5,12,17H,3,6-11,13H2,1-2H3,(H2,21,22,23);1H. The Bertz CT molecular complexity index is 782. The average Bonchev–Trinajstić information content (AvgIpc) is 2.67. The molecule has 1 fully saturated rings. The second-order valence-electron chi connectivity index (χ2n) is 6.47. The Morgan fingerprint density at radius 1 is 1.27 bits per heavy atom. The molecule has 2 rings (SSSR count). The number of benzene rings is 1. The molecule has 1 aliphatic rings. The van der Waals surface area contributed by atoms with Crippen molar-refractivity contribution < 1.29 is 26.7 Å². The maximum absolute atomic E-state index is 12.6. The third kappa shape index (κ3) is 9.16. The van der Waals surface area contributed by atoms with Gasteiger partial charge in [0.1, 0.15) is 11.5 Å². The highest BCUT2D eigenvalue weighted by Gasteiger charge is 2.21. The lowest BCUT2D eigenvalue weighted by molar-refractivity contribution is -0.0504. The van der Waals surface area contributed by atoms with E-state index >= 15 is 0 Å². The Morgan fingerprint density at radius 2 is 1.97 bits per heavy atom. The first kappa shape index (κ1) is 26.6. The van der Waals surface area contributed by atoms with Crippen molar-refractivity contribution in [2.75, 3.05) is 51.3 Å². The number of guanidine groups is 1. The summed E-state index contributed by atoms with van der Waals surface area (Å²) in [6, 6.07) is 4.59. The van der Waals surface area contributed by atoms with Gasteiger partial charge in [0.2, 0.25) is 0 Å². The fraction of sp³-hybridized carbons (Fsp3) is 0.611. The van der Waals surface area contributed by atoms with Gasteiger partial charge in [0, 0.05) is 38.3 Å². The third-order valence-electron chi connectivity index (χ3n) is 4.39. The summed E-state index contributed by atoms with van der Waals surface area (Å²) in [6.45, 7) is 2.05. The average molecular weight is 562 g/mol. The fourth-order valence-electron chi connectivity index (χ4n) is 2.83. The summed E-state index contributed by atoms with van der Waals surface area (Å²) in [4.78, 5) is 6.51. The molecular weight excluding hydrogens is 533 g/mol. The van der Waals surface area contributed by atoms with Crippen molar-refractivity contribution in [2.45, 2.75) is 20.1 Å². The molecule has 172 valence electrons. The van der Waals surface area contributed by atoms with Crippen LogP contribution in [0.2, 0.25) is 0 Å². The van der Waals surface area contributed by atoms with Crippen LogP contribution in [0.1, 0.15) is 12.5 Å². The highest BCUT2D eigenvalue weighted by atomic mass is 127. The van der Waals surface area contributed by atoms with Gasteiger partial charge in [-0.1, -0.05) is 0 Å². The molecule has 0 amide bonds. The van der Waals surface area contributed by atoms with Crippen molar-refractivity contribution >= 4 is 39.8 Å². The molecule has 2 N–H and O–H groups in total. The lowest BCUT2D eigenvalue weighted by Gasteiger charge is -2.26. The van der Waals surface area contributed by atoms with Crippen molar-refractivity contribution in [1.82, 2.24) is 15.5 Å². The van der Waals surface area contributed by atoms with E-state index in [1.54, 1.807) is 12.1 Å². The smallest absolute Gasteiger partial charge is 0.387 e. The SMILES string of the molecule is CCNC(=NCc1cc(OC)ccc1OC(F)F)NCCN1CCS(=O)(=O)CC1.I. The van der Waals surface area contributed by atoms with Crippen LogP contribution in [0.3, 0.4) is 0 Å². The van der Waals surface area contributed by atoms with E-state index in [1.807, 2.05) is 6.92 Å². The van der Waals surface area contributed by atoms with Crippen LogP contribution in [-0.2, 0) is 16.4 Å². The fourth-order valence-corrected chi connectivity index (χ4v) is 4.11. The maximum Gasteiger partial charge on any atom is 0.387 e. The van der Waals surface area contributed by atoms with E-state index in [4.69, 9.17) is 4.74 Å². The van der Waals surface area contributed by atoms with Crippen molar-refractivity contribution in [2.24, 2.45) is 4.99 Å². The Balaban J connectivity index is 0.00000450. The number of nitrogens with one attached hydrogen (secondary N) is 2. The summed E-state index contributed by atoms with van der Waals surface area (Å²) in [7, 11) is -1.40. The van der Waals surface area contributed by atoms with Crippen LogP contribution in [0.25, 0.3) is 0 Å². The summed E-state index contributed by atoms with van der Waals surface area (Å²) in [6.07, 6.45) is 0. The number of aliphatic imine (C=N–C) groups is 1. The Labute approximate surface area is 193 Å². The number of methoxy groups -OCH3 is 1. The van der Waals surface area contributed by atoms with Gasteiger partial charge >= 0.3 is 6.61 Å². The number of hydrogen-bond donors (Lipinski definition) is 2. The molecule has 0 saturated carbocycles. The zero-order valence-electron chi connectivity index (χ0n) is 17.1. The Morgan fingerprint density at radius 3 is 2.57 bits per heavy atom. The van der Waals surface area contributed by atoms with Gasteiger partial charge in [0.05, 0.1) is 25.2 Å². The lowest BCUT2D eigenvalue weighted by Crippen LogP contribution is -2.45. The largest absolute Gasteiger partial charge is 0.497 e. The van der Waals surface area contributed by atoms with Crippen LogP contribution in [-0.4, -0.2) is 77.2 Å². The summed E-state index contributed by atoms with van der Waals surface area (Å²) in [5.41, 5.74) is 0.475. The molecule has 0 radical (unpaired) electrons. The predicted octanol–water partition coefficient (Wildman–Crippen LogP) is 1.70. The molecule has 1 aromatic rings. The molecule has 8 nitrogen and oxygen atoms in total. The topological polar surface area (TPSA) is 92.3 Å². The summed E-state index contributed by atoms with van der Waals surface area (Å²) in [5, 5.41) is 6.27. The number of nitrogens with zero attached hydrogens (tertiary/aromatic N) is 2. The van der Waals surface area contributed by atoms with Gasteiger partial charge in [-0.05, 0) is 25.1 Å². The van der Waals surface area contributed by atoms with Gasteiger partial charge in [-0.25, -0.2) is 13.4 Å². The van der Waals surface area contributed by atoms with Gasteiger partial charge in [0.15, 0.2) is 15.8 Å². The highest BCUT2D eigenvalue weighted by Crippen LogP contribution is 2.26. The second-order valence-corrected chi connectivity index (χ2v) is 8.77. The zero-order chi connectivity index (χ0) is 21.3. The van der Waals surface area contributed by atoms with Gasteiger partial charge in [0.25, 0.3) is 0 Å². The molecule has 0 bridgehead atoms. The van der Waals surface area contributed by atoms with Crippen LogP contribution in [0, 0.1) is 0 Å². The predicted molar refractivity (Wildman–Crippen MR) is 123 cm³/mol. The van der Waals surface area contributed by atoms with Crippen molar-refractivity contribution in [3.05, 3.63) is 23.8 Å². The van der Waals surface area contributed by atoms with E-state index < -0.39 is 16.4 Å². The number of sulfone groups is 1. The molecule has 1 aliphatic heterocycles. The van der Waals surface area contributed by atoms with E-state index in [1.165, 1.54) is 13.2 Å². The minimum absolute atomic E-state index is 0. The van der Waals surface area contributed by atoms with Crippen LogP contribution < -0.4 is 20.1 Å². The molecule has 30 heavy (non-hydrogen) atoms. The van der Waals surface area contributed by atoms with E-state index in [-0.39, 0.29) is 47.8 Å². The van der Waals surface area contributed by atoms with Gasteiger partial charge in [-0.15, -0.1) is 24.0 Å². The van der Waals surface area contributed by atoms with Crippen molar-refractivity contribution in [3.63, 3.8) is 0 Å². The first-order valence-electron chi connectivity index (χ1n) is 9.39. The lowest BCUT2D eigenvalue weighted by atomic mass is 10.2. The van der Waals surface area contributed by atoms with E-state index in [0.29, 0.717) is 50.0 Å². The van der Waals surface area contributed by atoms with Crippen LogP contribution >= 0.6 is 24.0 Å². The quantitative estimate of drug-likeness (QED) is 0.269. The van der Waals surface area contributed by atoms with Crippen LogP contribution in [0.4, 0.5) is 8.78 Å². The third-order valence-corrected chi connectivity index (χ3v) is 6.00. The molecule has 1 saturated heterocycles. The number of halogens is 3. The van der Waals surface area contributed by atoms with Gasteiger partial charge < -0.3 is 20.1 Å². The van der Waals surface area contributed by atoms with Gasteiger partial charge in [-0.3, -0.25) is 4.90 Å². The molecule has 1 heterocycles. The van der Waals surface area contributed by atoms with Crippen LogP contribution in [0.15, 0.2) is 23.2 Å². The first-order valence-corrected chi connectivity index (χ1v) is 11.2. The molecule has 1 aromatic carbocycles.